The number of carboxylic acids is 1. The molecule has 1 aromatic carbocycles. The van der Waals surface area contributed by atoms with Crippen LogP contribution < -0.4 is 10.2 Å². The van der Waals surface area contributed by atoms with Gasteiger partial charge in [0.2, 0.25) is 0 Å². The van der Waals surface area contributed by atoms with Crippen LogP contribution in [-0.2, 0) is 4.79 Å². The lowest BCUT2D eigenvalue weighted by atomic mass is 10.0. The van der Waals surface area contributed by atoms with E-state index >= 15 is 0 Å². The van der Waals surface area contributed by atoms with Gasteiger partial charge in [0.25, 0.3) is 0 Å². The summed E-state index contributed by atoms with van der Waals surface area (Å²) in [6, 6.07) is 4.50. The molecule has 0 fully saturated rings. The average molecular weight is 292 g/mol. The minimum absolute atomic E-state index is 0.192. The number of benzene rings is 1. The van der Waals surface area contributed by atoms with Gasteiger partial charge in [-0.25, -0.2) is 9.59 Å². The predicted octanol–water partition coefficient (Wildman–Crippen LogP) is 2.95. The second-order valence-electron chi connectivity index (χ2n) is 5.82. The molecule has 0 aliphatic carbocycles. The Hall–Kier alpha value is -2.04. The SMILES string of the molecule is Cc1ccc(N(C)C(=O)N[C@H](CC(C)C)C(=O)O)c(C)c1. The van der Waals surface area contributed by atoms with E-state index in [1.165, 1.54) is 4.90 Å². The first kappa shape index (κ1) is 17.0. The molecule has 21 heavy (non-hydrogen) atoms. The van der Waals surface area contributed by atoms with E-state index in [-0.39, 0.29) is 5.92 Å². The monoisotopic (exact) mass is 292 g/mol. The summed E-state index contributed by atoms with van der Waals surface area (Å²) >= 11 is 0. The largest absolute Gasteiger partial charge is 0.480 e. The van der Waals surface area contributed by atoms with Crippen LogP contribution in [0.1, 0.15) is 31.4 Å². The van der Waals surface area contributed by atoms with Crippen molar-refractivity contribution in [2.75, 3.05) is 11.9 Å². The molecule has 0 saturated carbocycles. The van der Waals surface area contributed by atoms with Crippen molar-refractivity contribution < 1.29 is 14.7 Å². The van der Waals surface area contributed by atoms with Gasteiger partial charge in [0.15, 0.2) is 0 Å². The molecule has 1 rings (SSSR count). The molecule has 0 aliphatic rings. The van der Waals surface area contributed by atoms with Crippen molar-refractivity contribution in [3.8, 4) is 0 Å². The number of rotatable bonds is 5. The topological polar surface area (TPSA) is 69.6 Å². The summed E-state index contributed by atoms with van der Waals surface area (Å²) in [4.78, 5) is 24.9. The van der Waals surface area contributed by atoms with Gasteiger partial charge in [0.1, 0.15) is 6.04 Å². The Balaban J connectivity index is 2.84. The Kier molecular flexibility index (Phi) is 5.76. The zero-order valence-corrected chi connectivity index (χ0v) is 13.3. The Bertz CT molecular complexity index is 526. The summed E-state index contributed by atoms with van der Waals surface area (Å²) < 4.78 is 0. The van der Waals surface area contributed by atoms with E-state index in [0.717, 1.165) is 16.8 Å². The van der Waals surface area contributed by atoms with E-state index in [1.54, 1.807) is 7.05 Å². The molecule has 0 saturated heterocycles. The highest BCUT2D eigenvalue weighted by molar-refractivity contribution is 5.94. The minimum atomic E-state index is -1.01. The lowest BCUT2D eigenvalue weighted by Crippen LogP contribution is -2.47. The summed E-state index contributed by atoms with van der Waals surface area (Å²) in [7, 11) is 1.64. The number of urea groups is 1. The fraction of sp³-hybridized carbons (Fsp3) is 0.500. The van der Waals surface area contributed by atoms with Crippen LogP contribution in [0.2, 0.25) is 0 Å². The first-order valence-electron chi connectivity index (χ1n) is 7.06. The maximum absolute atomic E-state index is 12.2. The minimum Gasteiger partial charge on any atom is -0.480 e. The summed E-state index contributed by atoms with van der Waals surface area (Å²) in [5.74, 6) is -0.816. The van der Waals surface area contributed by atoms with Gasteiger partial charge in [0.05, 0.1) is 0 Å². The van der Waals surface area contributed by atoms with Crippen molar-refractivity contribution in [1.29, 1.82) is 0 Å². The van der Waals surface area contributed by atoms with Crippen LogP contribution in [0.3, 0.4) is 0 Å². The van der Waals surface area contributed by atoms with E-state index in [4.69, 9.17) is 0 Å². The number of carbonyl (C=O) groups is 2. The molecule has 5 nitrogen and oxygen atoms in total. The maximum Gasteiger partial charge on any atom is 0.326 e. The standard InChI is InChI=1S/C16H24N2O3/c1-10(2)8-13(15(19)20)17-16(21)18(5)14-7-6-11(3)9-12(14)4/h6-7,9-10,13H,8H2,1-5H3,(H,17,21)(H,19,20)/t13-/m1/s1. The van der Waals surface area contributed by atoms with Crippen LogP contribution in [0.5, 0.6) is 0 Å². The lowest BCUT2D eigenvalue weighted by molar-refractivity contribution is -0.139. The van der Waals surface area contributed by atoms with Gasteiger partial charge in [-0.3, -0.25) is 4.90 Å². The molecule has 1 aromatic rings. The van der Waals surface area contributed by atoms with Gasteiger partial charge >= 0.3 is 12.0 Å². The molecule has 2 amide bonds. The van der Waals surface area contributed by atoms with Crippen LogP contribution in [0.15, 0.2) is 18.2 Å². The van der Waals surface area contributed by atoms with Crippen LogP contribution in [-0.4, -0.2) is 30.2 Å². The molecule has 0 heterocycles. The second-order valence-corrected chi connectivity index (χ2v) is 5.82. The van der Waals surface area contributed by atoms with E-state index in [1.807, 2.05) is 45.9 Å². The van der Waals surface area contributed by atoms with E-state index in [2.05, 4.69) is 5.32 Å². The fourth-order valence-electron chi connectivity index (χ4n) is 2.23. The average Bonchev–Trinajstić information content (AvgIpc) is 2.36. The Morgan fingerprint density at radius 3 is 2.38 bits per heavy atom. The molecule has 1 atom stereocenters. The van der Waals surface area contributed by atoms with Crippen molar-refractivity contribution in [2.45, 2.75) is 40.2 Å². The highest BCUT2D eigenvalue weighted by Gasteiger charge is 2.23. The highest BCUT2D eigenvalue weighted by atomic mass is 16.4. The van der Waals surface area contributed by atoms with Crippen molar-refractivity contribution in [3.63, 3.8) is 0 Å². The number of nitrogens with zero attached hydrogens (tertiary/aromatic N) is 1. The van der Waals surface area contributed by atoms with Crippen molar-refractivity contribution in [1.82, 2.24) is 5.32 Å². The molecular weight excluding hydrogens is 268 g/mol. The molecule has 0 radical (unpaired) electrons. The van der Waals surface area contributed by atoms with Gasteiger partial charge < -0.3 is 10.4 Å². The van der Waals surface area contributed by atoms with Gasteiger partial charge in [-0.15, -0.1) is 0 Å². The van der Waals surface area contributed by atoms with Crippen LogP contribution in [0.25, 0.3) is 0 Å². The third-order valence-corrected chi connectivity index (χ3v) is 3.32. The van der Waals surface area contributed by atoms with E-state index in [0.29, 0.717) is 6.42 Å². The van der Waals surface area contributed by atoms with E-state index < -0.39 is 18.0 Å². The van der Waals surface area contributed by atoms with E-state index in [9.17, 15) is 14.7 Å². The third kappa shape index (κ3) is 4.77. The molecule has 5 heteroatoms. The normalized spacial score (nSPS) is 12.1. The highest BCUT2D eigenvalue weighted by Crippen LogP contribution is 2.20. The maximum atomic E-state index is 12.2. The van der Waals surface area contributed by atoms with Gasteiger partial charge in [-0.2, -0.15) is 0 Å². The van der Waals surface area contributed by atoms with Gasteiger partial charge in [-0.1, -0.05) is 31.5 Å². The molecule has 0 aliphatic heterocycles. The van der Waals surface area contributed by atoms with Crippen molar-refractivity contribution >= 4 is 17.7 Å². The number of carboxylic acid groups (broad SMARTS) is 1. The quantitative estimate of drug-likeness (QED) is 0.876. The van der Waals surface area contributed by atoms with Gasteiger partial charge in [0, 0.05) is 12.7 Å². The Morgan fingerprint density at radius 2 is 1.90 bits per heavy atom. The summed E-state index contributed by atoms with van der Waals surface area (Å²) in [5, 5.41) is 11.8. The van der Waals surface area contributed by atoms with Crippen LogP contribution >= 0.6 is 0 Å². The summed E-state index contributed by atoms with van der Waals surface area (Å²) in [6.07, 6.45) is 0.405. The smallest absolute Gasteiger partial charge is 0.326 e. The number of amides is 2. The number of aryl methyl sites for hydroxylation is 2. The van der Waals surface area contributed by atoms with Gasteiger partial charge in [-0.05, 0) is 37.8 Å². The second kappa shape index (κ2) is 7.11. The Labute approximate surface area is 126 Å². The zero-order valence-electron chi connectivity index (χ0n) is 13.3. The Morgan fingerprint density at radius 1 is 1.29 bits per heavy atom. The lowest BCUT2D eigenvalue weighted by Gasteiger charge is -2.23. The molecule has 0 bridgehead atoms. The number of nitrogens with one attached hydrogen (secondary N) is 1. The molecule has 0 unspecified atom stereocenters. The molecule has 116 valence electrons. The summed E-state index contributed by atoms with van der Waals surface area (Å²) in [5.41, 5.74) is 2.86. The van der Waals surface area contributed by atoms with Crippen LogP contribution in [0, 0.1) is 19.8 Å². The number of anilines is 1. The fourth-order valence-corrected chi connectivity index (χ4v) is 2.23. The zero-order chi connectivity index (χ0) is 16.2. The number of carbonyl (C=O) groups excluding carboxylic acids is 1. The first-order valence-corrected chi connectivity index (χ1v) is 7.06. The third-order valence-electron chi connectivity index (χ3n) is 3.32. The number of hydrogen-bond donors (Lipinski definition) is 2. The molecular formula is C16H24N2O3. The van der Waals surface area contributed by atoms with Crippen molar-refractivity contribution in [3.05, 3.63) is 29.3 Å². The first-order chi connectivity index (χ1) is 9.72. The predicted molar refractivity (Wildman–Crippen MR) is 83.7 cm³/mol. The van der Waals surface area contributed by atoms with Crippen molar-refractivity contribution in [2.24, 2.45) is 5.92 Å². The molecule has 2 N–H and O–H groups in total. The van der Waals surface area contributed by atoms with Crippen LogP contribution in [0.4, 0.5) is 10.5 Å². The summed E-state index contributed by atoms with van der Waals surface area (Å²) in [6.45, 7) is 7.76. The molecule has 0 aromatic heterocycles. The number of aliphatic carboxylic acids is 1. The molecule has 0 spiro atoms. The number of hydrogen-bond acceptors (Lipinski definition) is 2.